The monoisotopic (exact) mass is 662 g/mol. The molecule has 1 aromatic heterocycles. The zero-order chi connectivity index (χ0) is 33.2. The van der Waals surface area contributed by atoms with Crippen molar-refractivity contribution in [2.45, 2.75) is 30.9 Å². The van der Waals surface area contributed by atoms with Crippen molar-refractivity contribution >= 4 is 57.7 Å². The van der Waals surface area contributed by atoms with Gasteiger partial charge in [-0.2, -0.15) is 0 Å². The predicted octanol–water partition coefficient (Wildman–Crippen LogP) is 8.05. The number of carbonyl (C=O) groups excluding carboxylic acids is 3. The van der Waals surface area contributed by atoms with E-state index in [0.29, 0.717) is 23.0 Å². The first kappa shape index (κ1) is 33.2. The lowest BCUT2D eigenvalue weighted by Crippen LogP contribution is -2.30. The number of aryl methyl sites for hydroxylation is 1. The smallest absolute Gasteiger partial charge is 0.272 e. The minimum atomic E-state index is -0.476. The molecule has 0 radical (unpaired) electrons. The van der Waals surface area contributed by atoms with Crippen LogP contribution < -0.4 is 20.7 Å². The van der Waals surface area contributed by atoms with Gasteiger partial charge in [-0.15, -0.1) is 23.1 Å². The predicted molar refractivity (Wildman–Crippen MR) is 191 cm³/mol. The maximum atomic E-state index is 13.5. The molecule has 1 heterocycles. The molecule has 0 bridgehead atoms. The van der Waals surface area contributed by atoms with E-state index < -0.39 is 17.1 Å². The molecule has 3 N–H and O–H groups in total. The standard InChI is InChI=1S/C37H34N4O4S2/c1-4-45-30-18-16-27(17-19-30)33-23-46-37(40-33)41-34(42)25(3)47-31-15-9-14-29(22-31)38-36(44)32(21-26-11-8-10-24(2)20-26)39-35(43)28-12-6-5-7-13-28/h5-23,25H,4H2,1-3H3,(H,38,44)(H,39,43)(H,40,41,42)/b32-21+. The molecule has 10 heteroatoms. The summed E-state index contributed by atoms with van der Waals surface area (Å²) < 4.78 is 5.51. The quantitative estimate of drug-likeness (QED) is 0.0922. The van der Waals surface area contributed by atoms with Crippen molar-refractivity contribution in [3.63, 3.8) is 0 Å². The maximum absolute atomic E-state index is 13.5. The lowest BCUT2D eigenvalue weighted by Gasteiger charge is -2.14. The van der Waals surface area contributed by atoms with Gasteiger partial charge in [0.2, 0.25) is 5.91 Å². The Kier molecular flexibility index (Phi) is 11.2. The highest BCUT2D eigenvalue weighted by Crippen LogP contribution is 2.29. The normalized spacial score (nSPS) is 11.8. The Hall–Kier alpha value is -5.19. The van der Waals surface area contributed by atoms with Gasteiger partial charge in [0.05, 0.1) is 17.6 Å². The van der Waals surface area contributed by atoms with E-state index in [0.717, 1.165) is 33.0 Å². The summed E-state index contributed by atoms with van der Waals surface area (Å²) in [6.07, 6.45) is 1.65. The molecule has 8 nitrogen and oxygen atoms in total. The summed E-state index contributed by atoms with van der Waals surface area (Å²) in [4.78, 5) is 44.9. The average molecular weight is 663 g/mol. The Bertz CT molecular complexity index is 1890. The van der Waals surface area contributed by atoms with Gasteiger partial charge in [-0.3, -0.25) is 14.4 Å². The van der Waals surface area contributed by atoms with Crippen molar-refractivity contribution in [1.82, 2.24) is 10.3 Å². The highest BCUT2D eigenvalue weighted by atomic mass is 32.2. The molecular weight excluding hydrogens is 629 g/mol. The van der Waals surface area contributed by atoms with E-state index in [1.165, 1.54) is 23.1 Å². The molecule has 0 fully saturated rings. The third kappa shape index (κ3) is 9.41. The van der Waals surface area contributed by atoms with E-state index >= 15 is 0 Å². The van der Waals surface area contributed by atoms with Crippen LogP contribution in [0.4, 0.5) is 10.8 Å². The van der Waals surface area contributed by atoms with Crippen LogP contribution in [0.3, 0.4) is 0 Å². The van der Waals surface area contributed by atoms with Crippen LogP contribution in [0.25, 0.3) is 17.3 Å². The van der Waals surface area contributed by atoms with Gasteiger partial charge in [-0.05, 0) is 87.0 Å². The number of anilines is 2. The van der Waals surface area contributed by atoms with Gasteiger partial charge in [-0.25, -0.2) is 4.98 Å². The van der Waals surface area contributed by atoms with Gasteiger partial charge >= 0.3 is 0 Å². The first-order chi connectivity index (χ1) is 22.8. The van der Waals surface area contributed by atoms with Crippen LogP contribution >= 0.6 is 23.1 Å². The number of aromatic nitrogens is 1. The molecule has 0 aliphatic heterocycles. The Morgan fingerprint density at radius 1 is 0.915 bits per heavy atom. The summed E-state index contributed by atoms with van der Waals surface area (Å²) in [6.45, 7) is 6.31. The number of rotatable bonds is 12. The minimum Gasteiger partial charge on any atom is -0.494 e. The molecule has 0 aliphatic rings. The first-order valence-corrected chi connectivity index (χ1v) is 16.8. The molecule has 238 valence electrons. The van der Waals surface area contributed by atoms with E-state index in [1.54, 1.807) is 48.5 Å². The lowest BCUT2D eigenvalue weighted by atomic mass is 10.1. The van der Waals surface area contributed by atoms with E-state index in [-0.39, 0.29) is 11.6 Å². The van der Waals surface area contributed by atoms with Crippen LogP contribution in [0.1, 0.15) is 35.3 Å². The van der Waals surface area contributed by atoms with Crippen molar-refractivity contribution < 1.29 is 19.1 Å². The molecule has 1 unspecified atom stereocenters. The van der Waals surface area contributed by atoms with Crippen LogP contribution in [0, 0.1) is 6.92 Å². The van der Waals surface area contributed by atoms with E-state index in [9.17, 15) is 14.4 Å². The lowest BCUT2D eigenvalue weighted by molar-refractivity contribution is -0.115. The largest absolute Gasteiger partial charge is 0.494 e. The van der Waals surface area contributed by atoms with E-state index in [1.807, 2.05) is 86.8 Å². The number of thiazole rings is 1. The van der Waals surface area contributed by atoms with Crippen LogP contribution in [0.5, 0.6) is 5.75 Å². The van der Waals surface area contributed by atoms with Gasteiger partial charge in [0.15, 0.2) is 5.13 Å². The fraction of sp³-hybridized carbons (Fsp3) is 0.135. The molecule has 4 aromatic carbocycles. The molecule has 3 amide bonds. The number of hydrogen-bond donors (Lipinski definition) is 3. The first-order valence-electron chi connectivity index (χ1n) is 15.0. The summed E-state index contributed by atoms with van der Waals surface area (Å²) >= 11 is 2.72. The molecule has 0 saturated heterocycles. The summed E-state index contributed by atoms with van der Waals surface area (Å²) in [6, 6.07) is 31.3. The summed E-state index contributed by atoms with van der Waals surface area (Å²) in [5.74, 6) is -0.265. The maximum Gasteiger partial charge on any atom is 0.272 e. The van der Waals surface area contributed by atoms with Gasteiger partial charge in [-0.1, -0.05) is 54.1 Å². The Morgan fingerprint density at radius 2 is 1.68 bits per heavy atom. The average Bonchev–Trinajstić information content (AvgIpc) is 3.54. The Balaban J connectivity index is 1.23. The van der Waals surface area contributed by atoms with E-state index in [4.69, 9.17) is 4.74 Å². The zero-order valence-corrected chi connectivity index (χ0v) is 27.8. The Morgan fingerprint density at radius 3 is 2.43 bits per heavy atom. The Labute approximate surface area is 282 Å². The molecule has 5 rings (SSSR count). The third-order valence-electron chi connectivity index (χ3n) is 6.85. The van der Waals surface area contributed by atoms with Gasteiger partial charge in [0, 0.05) is 27.1 Å². The van der Waals surface area contributed by atoms with Crippen LogP contribution in [0.2, 0.25) is 0 Å². The second-order valence-corrected chi connectivity index (χ2v) is 12.8. The number of hydrogen-bond acceptors (Lipinski definition) is 7. The second kappa shape index (κ2) is 15.9. The van der Waals surface area contributed by atoms with Crippen LogP contribution in [-0.2, 0) is 9.59 Å². The van der Waals surface area contributed by atoms with Crippen LogP contribution in [-0.4, -0.2) is 34.6 Å². The number of thioether (sulfide) groups is 1. The molecule has 0 saturated carbocycles. The van der Waals surface area contributed by atoms with Crippen molar-refractivity contribution in [2.75, 3.05) is 17.2 Å². The molecule has 0 aliphatic carbocycles. The van der Waals surface area contributed by atoms with Crippen LogP contribution in [0.15, 0.2) is 119 Å². The number of ether oxygens (including phenoxy) is 1. The fourth-order valence-corrected chi connectivity index (χ4v) is 6.18. The number of nitrogens with one attached hydrogen (secondary N) is 3. The molecular formula is C37H34N4O4S2. The molecule has 1 atom stereocenters. The highest BCUT2D eigenvalue weighted by Gasteiger charge is 2.18. The number of benzene rings is 4. The van der Waals surface area contributed by atoms with Crippen molar-refractivity contribution in [2.24, 2.45) is 0 Å². The van der Waals surface area contributed by atoms with Crippen molar-refractivity contribution in [1.29, 1.82) is 0 Å². The number of amides is 3. The number of nitrogens with zero attached hydrogens (tertiary/aromatic N) is 1. The number of carbonyl (C=O) groups is 3. The summed E-state index contributed by atoms with van der Waals surface area (Å²) in [5, 5.41) is 10.5. The van der Waals surface area contributed by atoms with Crippen molar-refractivity contribution in [3.05, 3.63) is 131 Å². The van der Waals surface area contributed by atoms with E-state index in [2.05, 4.69) is 20.9 Å². The van der Waals surface area contributed by atoms with Gasteiger partial charge < -0.3 is 20.7 Å². The zero-order valence-electron chi connectivity index (χ0n) is 26.2. The van der Waals surface area contributed by atoms with Crippen molar-refractivity contribution in [3.8, 4) is 17.0 Å². The van der Waals surface area contributed by atoms with Gasteiger partial charge in [0.25, 0.3) is 11.8 Å². The topological polar surface area (TPSA) is 109 Å². The highest BCUT2D eigenvalue weighted by molar-refractivity contribution is 8.00. The molecule has 5 aromatic rings. The fourth-order valence-electron chi connectivity index (χ4n) is 4.53. The summed E-state index contributed by atoms with van der Waals surface area (Å²) in [7, 11) is 0. The second-order valence-electron chi connectivity index (χ2n) is 10.5. The van der Waals surface area contributed by atoms with Gasteiger partial charge in [0.1, 0.15) is 11.4 Å². The third-order valence-corrected chi connectivity index (χ3v) is 8.70. The summed E-state index contributed by atoms with van der Waals surface area (Å²) in [5.41, 5.74) is 4.57. The molecule has 47 heavy (non-hydrogen) atoms. The minimum absolute atomic E-state index is 0.100. The molecule has 0 spiro atoms. The SMILES string of the molecule is CCOc1ccc(-c2csc(NC(=O)C(C)Sc3cccc(NC(=O)/C(=C\c4cccc(C)c4)NC(=O)c4ccccc4)c3)n2)cc1.